The first-order valence-corrected chi connectivity index (χ1v) is 7.87. The zero-order chi connectivity index (χ0) is 15.5. The van der Waals surface area contributed by atoms with Crippen LogP contribution in [0.1, 0.15) is 45.4 Å². The van der Waals surface area contributed by atoms with E-state index in [-0.39, 0.29) is 17.2 Å². The van der Waals surface area contributed by atoms with Gasteiger partial charge in [0.15, 0.2) is 5.84 Å². The van der Waals surface area contributed by atoms with E-state index in [1.54, 1.807) is 0 Å². The Bertz CT molecular complexity index is 408. The summed E-state index contributed by atoms with van der Waals surface area (Å²) in [5.74, 6) is -0.0125. The number of carbonyl (C=O) groups excluding carboxylic acids is 1. The molecule has 1 amide bonds. The molecule has 1 aliphatic carbocycles. The van der Waals surface area contributed by atoms with E-state index in [0.29, 0.717) is 19.4 Å². The van der Waals surface area contributed by atoms with Crippen molar-refractivity contribution < 1.29 is 10.0 Å². The van der Waals surface area contributed by atoms with Gasteiger partial charge in [-0.05, 0) is 51.2 Å². The maximum Gasteiger partial charge on any atom is 0.233 e. The first-order valence-electron chi connectivity index (χ1n) is 7.87. The third-order valence-electron chi connectivity index (χ3n) is 5.36. The molecule has 2 fully saturated rings. The Morgan fingerprint density at radius 3 is 2.38 bits per heavy atom. The van der Waals surface area contributed by atoms with E-state index < -0.39 is 5.41 Å². The van der Waals surface area contributed by atoms with Crippen molar-refractivity contribution in [1.82, 2.24) is 10.2 Å². The molecule has 2 rings (SSSR count). The molecule has 0 atom stereocenters. The van der Waals surface area contributed by atoms with Gasteiger partial charge in [-0.2, -0.15) is 0 Å². The Hall–Kier alpha value is -1.30. The molecule has 21 heavy (non-hydrogen) atoms. The number of rotatable bonds is 4. The van der Waals surface area contributed by atoms with Crippen LogP contribution >= 0.6 is 0 Å². The van der Waals surface area contributed by atoms with Crippen molar-refractivity contribution in [3.63, 3.8) is 0 Å². The van der Waals surface area contributed by atoms with Crippen LogP contribution in [0.25, 0.3) is 0 Å². The number of hydrogen-bond acceptors (Lipinski definition) is 4. The molecule has 0 bridgehead atoms. The number of oxime groups is 1. The summed E-state index contributed by atoms with van der Waals surface area (Å²) in [4.78, 5) is 14.9. The van der Waals surface area contributed by atoms with Gasteiger partial charge in [-0.3, -0.25) is 4.79 Å². The fourth-order valence-corrected chi connectivity index (χ4v) is 3.47. The number of piperidine rings is 1. The summed E-state index contributed by atoms with van der Waals surface area (Å²) < 4.78 is 0. The van der Waals surface area contributed by atoms with Crippen LogP contribution in [-0.2, 0) is 4.79 Å². The molecule has 0 spiro atoms. The normalized spacial score (nSPS) is 25.7. The molecule has 0 unspecified atom stereocenters. The van der Waals surface area contributed by atoms with Crippen LogP contribution in [0.2, 0.25) is 0 Å². The molecule has 1 saturated heterocycles. The number of carbonyl (C=O) groups is 1. The number of nitrogens with two attached hydrogens (primary N) is 1. The van der Waals surface area contributed by atoms with Gasteiger partial charge >= 0.3 is 0 Å². The van der Waals surface area contributed by atoms with Crippen LogP contribution in [0, 0.1) is 10.8 Å². The summed E-state index contributed by atoms with van der Waals surface area (Å²) in [6.45, 7) is 5.03. The monoisotopic (exact) mass is 296 g/mol. The number of hydrogen-bond donors (Lipinski definition) is 3. The van der Waals surface area contributed by atoms with Gasteiger partial charge in [0.2, 0.25) is 5.91 Å². The lowest BCUT2D eigenvalue weighted by Crippen LogP contribution is -2.51. The number of nitrogens with zero attached hydrogens (tertiary/aromatic N) is 2. The molecule has 1 heterocycles. The lowest BCUT2D eigenvalue weighted by Gasteiger charge is -2.38. The fraction of sp³-hybridized carbons (Fsp3) is 0.867. The third kappa shape index (κ3) is 3.31. The minimum atomic E-state index is -0.795. The summed E-state index contributed by atoms with van der Waals surface area (Å²) >= 11 is 0. The van der Waals surface area contributed by atoms with Gasteiger partial charge in [0, 0.05) is 6.54 Å². The summed E-state index contributed by atoms with van der Waals surface area (Å²) in [6, 6.07) is 0. The molecule has 1 saturated carbocycles. The van der Waals surface area contributed by atoms with E-state index in [0.717, 1.165) is 38.8 Å². The maximum absolute atomic E-state index is 12.6. The van der Waals surface area contributed by atoms with Gasteiger partial charge in [0.05, 0.1) is 0 Å². The first kappa shape index (κ1) is 16.1. The molecular weight excluding hydrogens is 268 g/mol. The SMILES string of the molecule is CN1CCC(C)(CNC(=O)C2(C(N)=NO)CCCC2)CC1. The summed E-state index contributed by atoms with van der Waals surface area (Å²) in [7, 11) is 2.13. The average molecular weight is 296 g/mol. The molecule has 6 heteroatoms. The van der Waals surface area contributed by atoms with Gasteiger partial charge < -0.3 is 21.2 Å². The van der Waals surface area contributed by atoms with Crippen molar-refractivity contribution in [2.75, 3.05) is 26.7 Å². The smallest absolute Gasteiger partial charge is 0.233 e. The topological polar surface area (TPSA) is 91.0 Å². The Kier molecular flexibility index (Phi) is 4.76. The minimum Gasteiger partial charge on any atom is -0.409 e. The Balaban J connectivity index is 1.97. The van der Waals surface area contributed by atoms with Crippen molar-refractivity contribution in [2.45, 2.75) is 45.4 Å². The molecule has 0 aromatic heterocycles. The van der Waals surface area contributed by atoms with Crippen LogP contribution < -0.4 is 11.1 Å². The van der Waals surface area contributed by atoms with Crippen LogP contribution in [-0.4, -0.2) is 48.5 Å². The van der Waals surface area contributed by atoms with E-state index in [2.05, 4.69) is 29.3 Å². The van der Waals surface area contributed by atoms with E-state index >= 15 is 0 Å². The van der Waals surface area contributed by atoms with Crippen molar-refractivity contribution in [1.29, 1.82) is 0 Å². The van der Waals surface area contributed by atoms with Gasteiger partial charge in [-0.15, -0.1) is 0 Å². The number of likely N-dealkylation sites (tertiary alicyclic amines) is 1. The maximum atomic E-state index is 12.6. The number of amidine groups is 1. The second-order valence-electron chi connectivity index (χ2n) is 7.07. The summed E-state index contributed by atoms with van der Waals surface area (Å²) in [5.41, 5.74) is 5.16. The highest BCUT2D eigenvalue weighted by atomic mass is 16.4. The molecule has 0 aromatic rings. The molecule has 6 nitrogen and oxygen atoms in total. The van der Waals surface area contributed by atoms with Gasteiger partial charge in [-0.1, -0.05) is 24.9 Å². The molecule has 120 valence electrons. The highest BCUT2D eigenvalue weighted by Gasteiger charge is 2.45. The average Bonchev–Trinajstić information content (AvgIpc) is 2.98. The van der Waals surface area contributed by atoms with Crippen LogP contribution in [0.4, 0.5) is 0 Å². The van der Waals surface area contributed by atoms with Crippen LogP contribution in [0.15, 0.2) is 5.16 Å². The predicted molar refractivity (Wildman–Crippen MR) is 82.2 cm³/mol. The largest absolute Gasteiger partial charge is 0.409 e. The van der Waals surface area contributed by atoms with Gasteiger partial charge in [-0.25, -0.2) is 0 Å². The summed E-state index contributed by atoms with van der Waals surface area (Å²) in [6.07, 6.45) is 5.42. The molecular formula is C15H28N4O2. The van der Waals surface area contributed by atoms with E-state index in [4.69, 9.17) is 10.9 Å². The highest BCUT2D eigenvalue weighted by Crippen LogP contribution is 2.39. The third-order valence-corrected chi connectivity index (χ3v) is 5.36. The molecule has 2 aliphatic rings. The zero-order valence-electron chi connectivity index (χ0n) is 13.2. The number of amides is 1. The van der Waals surface area contributed by atoms with Crippen molar-refractivity contribution >= 4 is 11.7 Å². The second kappa shape index (κ2) is 6.22. The Morgan fingerprint density at radius 2 is 1.86 bits per heavy atom. The standard InChI is InChI=1S/C15H28N4O2/c1-14(7-9-19(2)10-8-14)11-17-13(20)15(12(16)18-21)5-3-4-6-15/h21H,3-11H2,1-2H3,(H2,16,18)(H,17,20). The lowest BCUT2D eigenvalue weighted by molar-refractivity contribution is -0.128. The zero-order valence-corrected chi connectivity index (χ0v) is 13.2. The Labute approximate surface area is 126 Å². The van der Waals surface area contributed by atoms with E-state index in [1.165, 1.54) is 0 Å². The van der Waals surface area contributed by atoms with Gasteiger partial charge in [0.1, 0.15) is 5.41 Å². The molecule has 0 aromatic carbocycles. The molecule has 1 aliphatic heterocycles. The van der Waals surface area contributed by atoms with Crippen molar-refractivity contribution in [3.8, 4) is 0 Å². The van der Waals surface area contributed by atoms with Gasteiger partial charge in [0.25, 0.3) is 0 Å². The minimum absolute atomic E-state index is 0.0611. The van der Waals surface area contributed by atoms with Crippen LogP contribution in [0.3, 0.4) is 0 Å². The first-order chi connectivity index (χ1) is 9.92. The highest BCUT2D eigenvalue weighted by molar-refractivity contribution is 6.07. The van der Waals surface area contributed by atoms with E-state index in [1.807, 2.05) is 0 Å². The predicted octanol–water partition coefficient (Wildman–Crippen LogP) is 1.14. The van der Waals surface area contributed by atoms with Crippen LogP contribution in [0.5, 0.6) is 0 Å². The van der Waals surface area contributed by atoms with Crippen molar-refractivity contribution in [3.05, 3.63) is 0 Å². The second-order valence-corrected chi connectivity index (χ2v) is 7.07. The Morgan fingerprint density at radius 1 is 1.29 bits per heavy atom. The quantitative estimate of drug-likeness (QED) is 0.314. The lowest BCUT2D eigenvalue weighted by atomic mass is 9.79. The fourth-order valence-electron chi connectivity index (χ4n) is 3.47. The van der Waals surface area contributed by atoms with E-state index in [9.17, 15) is 4.79 Å². The molecule has 4 N–H and O–H groups in total. The molecule has 0 radical (unpaired) electrons. The van der Waals surface area contributed by atoms with Crippen molar-refractivity contribution in [2.24, 2.45) is 21.7 Å². The summed E-state index contributed by atoms with van der Waals surface area (Å²) in [5, 5.41) is 15.2. The number of nitrogens with one attached hydrogen (secondary N) is 1.